The van der Waals surface area contributed by atoms with Crippen LogP contribution >= 0.6 is 11.8 Å². The van der Waals surface area contributed by atoms with Gasteiger partial charge in [-0.2, -0.15) is 0 Å². The average molecular weight is 476 g/mol. The molecule has 1 aliphatic heterocycles. The van der Waals surface area contributed by atoms with Crippen LogP contribution < -0.4 is 10.1 Å². The number of esters is 1. The molecule has 1 aromatic carbocycles. The van der Waals surface area contributed by atoms with E-state index in [9.17, 15) is 18.8 Å². The fraction of sp³-hybridized carbons (Fsp3) is 0.391. The molecule has 1 fully saturated rings. The van der Waals surface area contributed by atoms with E-state index in [0.717, 1.165) is 17.3 Å². The number of aromatic nitrogens is 1. The number of nitrogens with one attached hydrogen (secondary N) is 1. The van der Waals surface area contributed by atoms with Crippen molar-refractivity contribution < 1.29 is 28.2 Å². The molecule has 2 amide bonds. The molecule has 0 saturated carbocycles. The Morgan fingerprint density at radius 1 is 1.24 bits per heavy atom. The summed E-state index contributed by atoms with van der Waals surface area (Å²) in [6, 6.07) is 9.15. The predicted octanol–water partition coefficient (Wildman–Crippen LogP) is 3.90. The van der Waals surface area contributed by atoms with Crippen LogP contribution in [0.3, 0.4) is 0 Å². The Morgan fingerprint density at radius 2 is 2.03 bits per heavy atom. The zero-order chi connectivity index (χ0) is 23.6. The molecule has 2 heterocycles. The monoisotopic (exact) mass is 475 g/mol. The second-order valence-corrected chi connectivity index (χ2v) is 8.67. The van der Waals surface area contributed by atoms with Crippen molar-refractivity contribution in [3.05, 3.63) is 54.0 Å². The van der Waals surface area contributed by atoms with Crippen molar-refractivity contribution in [1.82, 2.24) is 15.2 Å². The van der Waals surface area contributed by atoms with E-state index in [1.165, 1.54) is 24.3 Å². The maximum atomic E-state index is 13.0. The molecule has 33 heavy (non-hydrogen) atoms. The van der Waals surface area contributed by atoms with Gasteiger partial charge in [-0.25, -0.2) is 9.37 Å². The Morgan fingerprint density at radius 3 is 2.73 bits per heavy atom. The van der Waals surface area contributed by atoms with Gasteiger partial charge >= 0.3 is 5.97 Å². The Kier molecular flexibility index (Phi) is 9.05. The number of likely N-dealkylation sites (tertiary alicyclic amines) is 1. The van der Waals surface area contributed by atoms with E-state index in [0.29, 0.717) is 50.7 Å². The number of amides is 2. The summed E-state index contributed by atoms with van der Waals surface area (Å²) in [4.78, 5) is 41.7. The van der Waals surface area contributed by atoms with Crippen LogP contribution in [-0.2, 0) is 20.9 Å². The minimum absolute atomic E-state index is 0.0192. The van der Waals surface area contributed by atoms with Gasteiger partial charge < -0.3 is 19.7 Å². The first kappa shape index (κ1) is 24.5. The first-order valence-electron chi connectivity index (χ1n) is 10.7. The molecule has 1 N–H and O–H groups in total. The third-order valence-electron chi connectivity index (χ3n) is 4.79. The Hall–Kier alpha value is -3.14. The second kappa shape index (κ2) is 12.2. The molecule has 3 rings (SSSR count). The first-order valence-corrected chi connectivity index (χ1v) is 11.6. The van der Waals surface area contributed by atoms with E-state index in [1.54, 1.807) is 24.1 Å². The van der Waals surface area contributed by atoms with Gasteiger partial charge in [-0.1, -0.05) is 17.8 Å². The second-order valence-electron chi connectivity index (χ2n) is 7.40. The Bertz CT molecular complexity index is 956. The van der Waals surface area contributed by atoms with Crippen molar-refractivity contribution in [2.24, 2.45) is 0 Å². The highest BCUT2D eigenvalue weighted by atomic mass is 32.2. The molecular weight excluding hydrogens is 449 g/mol. The molecule has 0 bridgehead atoms. The van der Waals surface area contributed by atoms with Crippen molar-refractivity contribution in [2.75, 3.05) is 19.7 Å². The number of nitrogens with zero attached hydrogens (tertiary/aromatic N) is 2. The van der Waals surface area contributed by atoms with Gasteiger partial charge in [0.25, 0.3) is 5.24 Å². The van der Waals surface area contributed by atoms with Crippen LogP contribution in [0, 0.1) is 5.82 Å². The lowest BCUT2D eigenvalue weighted by atomic mass is 10.2. The summed E-state index contributed by atoms with van der Waals surface area (Å²) < 4.78 is 23.4. The maximum Gasteiger partial charge on any atom is 0.305 e. The molecule has 0 spiro atoms. The van der Waals surface area contributed by atoms with Crippen LogP contribution in [0.15, 0.2) is 42.6 Å². The molecule has 0 unspecified atom stereocenters. The van der Waals surface area contributed by atoms with E-state index in [1.807, 2.05) is 6.07 Å². The van der Waals surface area contributed by atoms with Gasteiger partial charge in [0.2, 0.25) is 11.8 Å². The van der Waals surface area contributed by atoms with Crippen molar-refractivity contribution in [3.8, 4) is 11.6 Å². The van der Waals surface area contributed by atoms with Crippen molar-refractivity contribution in [2.45, 2.75) is 38.0 Å². The fourth-order valence-corrected chi connectivity index (χ4v) is 4.19. The van der Waals surface area contributed by atoms with Gasteiger partial charge in [0.05, 0.1) is 6.61 Å². The third kappa shape index (κ3) is 8.05. The number of carbonyl (C=O) groups excluding carboxylic acids is 3. The number of pyridine rings is 1. The minimum atomic E-state index is -0.344. The summed E-state index contributed by atoms with van der Waals surface area (Å²) in [5.74, 6) is 0.204. The topological polar surface area (TPSA) is 97.8 Å². The molecule has 1 aliphatic rings. The average Bonchev–Trinajstić information content (AvgIpc) is 3.12. The normalized spacial score (nSPS) is 15.4. The quantitative estimate of drug-likeness (QED) is 0.411. The number of benzene rings is 1. The number of rotatable bonds is 10. The Balaban J connectivity index is 1.40. The van der Waals surface area contributed by atoms with Crippen LogP contribution in [0.2, 0.25) is 0 Å². The zero-order valence-corrected chi connectivity index (χ0v) is 19.1. The first-order chi connectivity index (χ1) is 15.9. The van der Waals surface area contributed by atoms with Gasteiger partial charge in [-0.3, -0.25) is 14.4 Å². The number of halogens is 1. The zero-order valence-electron chi connectivity index (χ0n) is 18.3. The Labute approximate surface area is 195 Å². The van der Waals surface area contributed by atoms with E-state index >= 15 is 0 Å². The summed E-state index contributed by atoms with van der Waals surface area (Å²) in [6.07, 6.45) is 2.69. The lowest BCUT2D eigenvalue weighted by molar-refractivity contribution is -0.143. The molecular formula is C23H26FN3O5S. The molecule has 2 aromatic rings. The minimum Gasteiger partial charge on any atom is -0.466 e. The summed E-state index contributed by atoms with van der Waals surface area (Å²) in [5, 5.41) is 2.42. The standard InChI is InChI=1S/C23H26FN3O5S/c1-2-31-22(29)4-3-11-25-23(30)33-19-12-21(28)27(15-19)14-16-5-10-20(26-13-16)32-18-8-6-17(24)7-9-18/h5-10,13,19H,2-4,11-12,14-15H2,1H3,(H,25,30)/t19-/m1/s1. The van der Waals surface area contributed by atoms with E-state index < -0.39 is 0 Å². The van der Waals surface area contributed by atoms with Crippen LogP contribution in [0.4, 0.5) is 9.18 Å². The third-order valence-corrected chi connectivity index (χ3v) is 5.80. The molecule has 0 radical (unpaired) electrons. The number of thioether (sulfide) groups is 1. The van der Waals surface area contributed by atoms with E-state index in [-0.39, 0.29) is 34.6 Å². The summed E-state index contributed by atoms with van der Waals surface area (Å²) in [6.45, 7) is 3.33. The van der Waals surface area contributed by atoms with Gasteiger partial charge in [0, 0.05) is 50.0 Å². The summed E-state index contributed by atoms with van der Waals surface area (Å²) in [7, 11) is 0. The largest absolute Gasteiger partial charge is 0.466 e. The van der Waals surface area contributed by atoms with Gasteiger partial charge in [0.1, 0.15) is 11.6 Å². The van der Waals surface area contributed by atoms with Crippen LogP contribution in [0.1, 0.15) is 31.7 Å². The van der Waals surface area contributed by atoms with Gasteiger partial charge in [0.15, 0.2) is 0 Å². The lowest BCUT2D eigenvalue weighted by Gasteiger charge is -2.16. The highest BCUT2D eigenvalue weighted by Crippen LogP contribution is 2.26. The van der Waals surface area contributed by atoms with Crippen LogP contribution in [-0.4, -0.2) is 51.9 Å². The van der Waals surface area contributed by atoms with Crippen LogP contribution in [0.25, 0.3) is 0 Å². The lowest BCUT2D eigenvalue weighted by Crippen LogP contribution is -2.26. The maximum absolute atomic E-state index is 13.0. The predicted molar refractivity (Wildman–Crippen MR) is 121 cm³/mol. The number of hydrogen-bond donors (Lipinski definition) is 1. The summed E-state index contributed by atoms with van der Waals surface area (Å²) in [5.41, 5.74) is 0.837. The van der Waals surface area contributed by atoms with E-state index in [2.05, 4.69) is 10.3 Å². The molecule has 0 aliphatic carbocycles. The molecule has 1 atom stereocenters. The number of carbonyl (C=O) groups is 3. The van der Waals surface area contributed by atoms with E-state index in [4.69, 9.17) is 9.47 Å². The highest BCUT2D eigenvalue weighted by Gasteiger charge is 2.31. The van der Waals surface area contributed by atoms with Gasteiger partial charge in [-0.15, -0.1) is 0 Å². The van der Waals surface area contributed by atoms with Crippen molar-refractivity contribution in [1.29, 1.82) is 0 Å². The van der Waals surface area contributed by atoms with Gasteiger partial charge in [-0.05, 0) is 43.2 Å². The smallest absolute Gasteiger partial charge is 0.305 e. The summed E-state index contributed by atoms with van der Waals surface area (Å²) >= 11 is 1.11. The van der Waals surface area contributed by atoms with Crippen LogP contribution in [0.5, 0.6) is 11.6 Å². The fourth-order valence-electron chi connectivity index (χ4n) is 3.23. The SMILES string of the molecule is CCOC(=O)CCCNC(=O)S[C@@H]1CC(=O)N(Cc2ccc(Oc3ccc(F)cc3)nc2)C1. The highest BCUT2D eigenvalue weighted by molar-refractivity contribution is 8.14. The van der Waals surface area contributed by atoms with Crippen molar-refractivity contribution >= 4 is 28.9 Å². The number of ether oxygens (including phenoxy) is 2. The molecule has 176 valence electrons. The van der Waals surface area contributed by atoms with Crippen molar-refractivity contribution in [3.63, 3.8) is 0 Å². The number of hydrogen-bond acceptors (Lipinski definition) is 7. The molecule has 1 saturated heterocycles. The molecule has 8 nitrogen and oxygen atoms in total. The molecule has 10 heteroatoms. The molecule has 1 aromatic heterocycles.